The lowest BCUT2D eigenvalue weighted by molar-refractivity contribution is -0.0402. The van der Waals surface area contributed by atoms with Crippen LogP contribution < -0.4 is 10.2 Å². The van der Waals surface area contributed by atoms with E-state index in [1.165, 1.54) is 13.2 Å². The van der Waals surface area contributed by atoms with Crippen molar-refractivity contribution in [1.29, 1.82) is 0 Å². The third-order valence-corrected chi connectivity index (χ3v) is 3.07. The van der Waals surface area contributed by atoms with E-state index in [0.29, 0.717) is 13.2 Å². The Kier molecular flexibility index (Phi) is 5.04. The Balaban J connectivity index is 2.27. The molecule has 4 nitrogen and oxygen atoms in total. The largest absolute Gasteiger partial charge is 0.497 e. The molecule has 0 bridgehead atoms. The van der Waals surface area contributed by atoms with E-state index in [0.717, 1.165) is 6.42 Å². The first-order valence-electron chi connectivity index (χ1n) is 6.04. The standard InChI is InChI=1S/C12H15BClFO4/c1-8(16-2)19-12-10(14)5-4-9(11(12)15)13-17-6-3-7-18-13/h4-5,8H,3,6-7H2,1-2H3. The smallest absolute Gasteiger partial charge is 0.461 e. The molecule has 0 saturated carbocycles. The van der Waals surface area contributed by atoms with Gasteiger partial charge in [-0.3, -0.25) is 0 Å². The number of hydrogen-bond donors (Lipinski definition) is 0. The maximum absolute atomic E-state index is 14.4. The van der Waals surface area contributed by atoms with Crippen molar-refractivity contribution in [3.05, 3.63) is 23.0 Å². The van der Waals surface area contributed by atoms with Gasteiger partial charge in [-0.1, -0.05) is 17.7 Å². The van der Waals surface area contributed by atoms with Crippen molar-refractivity contribution in [3.63, 3.8) is 0 Å². The molecule has 1 aliphatic rings. The van der Waals surface area contributed by atoms with E-state index in [-0.39, 0.29) is 16.2 Å². The average molecular weight is 289 g/mol. The molecule has 1 aromatic rings. The molecule has 1 aliphatic heterocycles. The fourth-order valence-electron chi connectivity index (χ4n) is 1.72. The highest BCUT2D eigenvalue weighted by Gasteiger charge is 2.30. The first kappa shape index (κ1) is 14.6. The van der Waals surface area contributed by atoms with Crippen LogP contribution in [0.4, 0.5) is 4.39 Å². The van der Waals surface area contributed by atoms with Crippen LogP contribution in [0.25, 0.3) is 0 Å². The van der Waals surface area contributed by atoms with Gasteiger partial charge in [-0.05, 0) is 19.4 Å². The van der Waals surface area contributed by atoms with E-state index in [1.807, 2.05) is 0 Å². The molecule has 19 heavy (non-hydrogen) atoms. The second kappa shape index (κ2) is 6.57. The van der Waals surface area contributed by atoms with Gasteiger partial charge in [0.2, 0.25) is 0 Å². The fourth-order valence-corrected chi connectivity index (χ4v) is 1.91. The number of rotatable bonds is 4. The Hall–Kier alpha value is -0.815. The first-order valence-corrected chi connectivity index (χ1v) is 6.42. The van der Waals surface area contributed by atoms with Crippen molar-refractivity contribution < 1.29 is 23.2 Å². The minimum absolute atomic E-state index is 0.0497. The lowest BCUT2D eigenvalue weighted by Gasteiger charge is -2.22. The fraction of sp³-hybridized carbons (Fsp3) is 0.500. The molecule has 1 fully saturated rings. The molecule has 7 heteroatoms. The molecule has 0 spiro atoms. The predicted octanol–water partition coefficient (Wildman–Crippen LogP) is 1.98. The van der Waals surface area contributed by atoms with Crippen LogP contribution >= 0.6 is 11.6 Å². The van der Waals surface area contributed by atoms with Gasteiger partial charge in [0.25, 0.3) is 0 Å². The Bertz CT molecular complexity index is 440. The number of methoxy groups -OCH3 is 1. The summed E-state index contributed by atoms with van der Waals surface area (Å²) in [6, 6.07) is 3.09. The molecule has 2 rings (SSSR count). The van der Waals surface area contributed by atoms with Gasteiger partial charge < -0.3 is 18.8 Å². The molecule has 0 aliphatic carbocycles. The monoisotopic (exact) mass is 288 g/mol. The highest BCUT2D eigenvalue weighted by Crippen LogP contribution is 2.28. The van der Waals surface area contributed by atoms with Crippen LogP contribution in [0.1, 0.15) is 13.3 Å². The highest BCUT2D eigenvalue weighted by molar-refractivity contribution is 6.61. The SMILES string of the molecule is COC(C)Oc1c(Cl)ccc(B2OCCCO2)c1F. The summed E-state index contributed by atoms with van der Waals surface area (Å²) in [5.74, 6) is -0.630. The Morgan fingerprint density at radius 2 is 2.05 bits per heavy atom. The van der Waals surface area contributed by atoms with Gasteiger partial charge in [-0.2, -0.15) is 0 Å². The molecule has 0 radical (unpaired) electrons. The first-order chi connectivity index (χ1) is 9.13. The molecule has 1 atom stereocenters. The Morgan fingerprint density at radius 3 is 2.68 bits per heavy atom. The van der Waals surface area contributed by atoms with Crippen molar-refractivity contribution in [2.24, 2.45) is 0 Å². The minimum Gasteiger partial charge on any atom is -0.461 e. The molecule has 1 heterocycles. The zero-order valence-corrected chi connectivity index (χ0v) is 11.6. The van der Waals surface area contributed by atoms with Crippen LogP contribution in [0.5, 0.6) is 5.75 Å². The molecule has 0 amide bonds. The molecule has 1 unspecified atom stereocenters. The van der Waals surface area contributed by atoms with E-state index in [1.54, 1.807) is 13.0 Å². The summed E-state index contributed by atoms with van der Waals surface area (Å²) in [5, 5.41) is 0.181. The quantitative estimate of drug-likeness (QED) is 0.627. The van der Waals surface area contributed by atoms with Gasteiger partial charge in [0.1, 0.15) is 0 Å². The average Bonchev–Trinajstić information content (AvgIpc) is 2.44. The van der Waals surface area contributed by atoms with Crippen LogP contribution in [0.2, 0.25) is 5.02 Å². The predicted molar refractivity (Wildman–Crippen MR) is 70.4 cm³/mol. The van der Waals surface area contributed by atoms with E-state index in [4.69, 9.17) is 30.4 Å². The zero-order chi connectivity index (χ0) is 13.8. The zero-order valence-electron chi connectivity index (χ0n) is 10.8. The summed E-state index contributed by atoms with van der Waals surface area (Å²) in [7, 11) is 0.749. The van der Waals surface area contributed by atoms with Crippen molar-refractivity contribution >= 4 is 24.2 Å². The summed E-state index contributed by atoms with van der Waals surface area (Å²) < 4.78 is 35.4. The third-order valence-electron chi connectivity index (χ3n) is 2.78. The summed E-state index contributed by atoms with van der Waals surface area (Å²) in [4.78, 5) is 0. The summed E-state index contributed by atoms with van der Waals surface area (Å²) in [6.07, 6.45) is 0.200. The van der Waals surface area contributed by atoms with Crippen LogP contribution in [-0.2, 0) is 14.0 Å². The summed E-state index contributed by atoms with van der Waals surface area (Å²) >= 11 is 5.94. The molecule has 104 valence electrons. The molecular formula is C12H15BClFO4. The number of benzene rings is 1. The van der Waals surface area contributed by atoms with Crippen LogP contribution in [0, 0.1) is 5.82 Å². The molecule has 1 saturated heterocycles. The van der Waals surface area contributed by atoms with E-state index in [2.05, 4.69) is 0 Å². The maximum Gasteiger partial charge on any atom is 0.497 e. The Morgan fingerprint density at radius 1 is 1.37 bits per heavy atom. The lowest BCUT2D eigenvalue weighted by atomic mass is 9.77. The molecular weight excluding hydrogens is 273 g/mol. The normalized spacial score (nSPS) is 17.4. The van der Waals surface area contributed by atoms with Gasteiger partial charge in [-0.15, -0.1) is 0 Å². The van der Waals surface area contributed by atoms with Gasteiger partial charge in [-0.25, -0.2) is 4.39 Å². The topological polar surface area (TPSA) is 36.9 Å². The summed E-state index contributed by atoms with van der Waals surface area (Å²) in [5.41, 5.74) is 0.280. The van der Waals surface area contributed by atoms with Crippen molar-refractivity contribution in [1.82, 2.24) is 0 Å². The van der Waals surface area contributed by atoms with Crippen LogP contribution in [0.15, 0.2) is 12.1 Å². The Labute approximate surface area is 116 Å². The third kappa shape index (κ3) is 3.39. The van der Waals surface area contributed by atoms with E-state index in [9.17, 15) is 4.39 Å². The van der Waals surface area contributed by atoms with Crippen molar-refractivity contribution in [2.75, 3.05) is 20.3 Å². The van der Waals surface area contributed by atoms with Gasteiger partial charge in [0.05, 0.1) is 5.02 Å². The highest BCUT2D eigenvalue weighted by atomic mass is 35.5. The minimum atomic E-state index is -0.716. The number of hydrogen-bond acceptors (Lipinski definition) is 4. The van der Waals surface area contributed by atoms with Crippen LogP contribution in [0.3, 0.4) is 0 Å². The van der Waals surface area contributed by atoms with Gasteiger partial charge in [0, 0.05) is 25.8 Å². The van der Waals surface area contributed by atoms with Gasteiger partial charge >= 0.3 is 7.12 Å². The van der Waals surface area contributed by atoms with Crippen molar-refractivity contribution in [2.45, 2.75) is 19.6 Å². The van der Waals surface area contributed by atoms with Crippen LogP contribution in [-0.4, -0.2) is 33.7 Å². The number of halogens is 2. The van der Waals surface area contributed by atoms with Crippen molar-refractivity contribution in [3.8, 4) is 5.75 Å². The molecule has 0 N–H and O–H groups in total. The summed E-state index contributed by atoms with van der Waals surface area (Å²) in [6.45, 7) is 2.73. The second-order valence-corrected chi connectivity index (χ2v) is 4.54. The maximum atomic E-state index is 14.4. The van der Waals surface area contributed by atoms with Gasteiger partial charge in [0.15, 0.2) is 17.9 Å². The second-order valence-electron chi connectivity index (χ2n) is 4.13. The molecule has 1 aromatic carbocycles. The number of ether oxygens (including phenoxy) is 2. The molecule has 0 aromatic heterocycles. The van der Waals surface area contributed by atoms with E-state index >= 15 is 0 Å². The lowest BCUT2D eigenvalue weighted by Crippen LogP contribution is -2.42. The van der Waals surface area contributed by atoms with E-state index < -0.39 is 19.2 Å².